The van der Waals surface area contributed by atoms with Crippen molar-refractivity contribution >= 4 is 11.9 Å². The van der Waals surface area contributed by atoms with Crippen molar-refractivity contribution in [3.63, 3.8) is 0 Å². The number of carbonyl (C=O) groups is 1. The van der Waals surface area contributed by atoms with Gasteiger partial charge >= 0.3 is 0 Å². The molecular weight excluding hydrogens is 302 g/mol. The lowest BCUT2D eigenvalue weighted by Crippen LogP contribution is -2.41. The molecule has 24 heavy (non-hydrogen) atoms. The molecule has 3 N–H and O–H groups in total. The maximum atomic E-state index is 12.3. The number of aryl methyl sites for hydroxylation is 1. The Morgan fingerprint density at radius 1 is 1.29 bits per heavy atom. The normalized spacial score (nSPS) is 11.5. The van der Waals surface area contributed by atoms with Crippen LogP contribution >= 0.6 is 0 Å². The summed E-state index contributed by atoms with van der Waals surface area (Å²) in [6.45, 7) is 5.58. The predicted molar refractivity (Wildman–Crippen MR) is 96.0 cm³/mol. The van der Waals surface area contributed by atoms with Crippen LogP contribution in [0.15, 0.2) is 47.8 Å². The molecule has 0 unspecified atom stereocenters. The number of aromatic nitrogens is 2. The van der Waals surface area contributed by atoms with Crippen molar-refractivity contribution in [3.05, 3.63) is 54.1 Å². The van der Waals surface area contributed by atoms with Crippen LogP contribution in [-0.4, -0.2) is 34.9 Å². The van der Waals surface area contributed by atoms with Gasteiger partial charge in [0.15, 0.2) is 5.96 Å². The van der Waals surface area contributed by atoms with Crippen LogP contribution in [0.1, 0.15) is 36.3 Å². The smallest absolute Gasteiger partial charge is 0.257 e. The van der Waals surface area contributed by atoms with Crippen molar-refractivity contribution in [2.75, 3.05) is 13.1 Å². The molecule has 2 rings (SSSR count). The number of hydrogen-bond donors (Lipinski definition) is 3. The van der Waals surface area contributed by atoms with E-state index in [0.29, 0.717) is 24.0 Å². The summed E-state index contributed by atoms with van der Waals surface area (Å²) in [7, 11) is 0. The Morgan fingerprint density at radius 2 is 2.08 bits per heavy atom. The van der Waals surface area contributed by atoms with Gasteiger partial charge in [-0.25, -0.2) is 4.98 Å². The number of nitrogens with one attached hydrogen (secondary N) is 3. The Kier molecular flexibility index (Phi) is 7.01. The molecule has 2 aromatic rings. The second-order valence-electron chi connectivity index (χ2n) is 6.01. The summed E-state index contributed by atoms with van der Waals surface area (Å²) in [5, 5.41) is 6.08. The average Bonchev–Trinajstić information content (AvgIpc) is 3.10. The Hall–Kier alpha value is -2.63. The molecule has 0 fully saturated rings. The van der Waals surface area contributed by atoms with E-state index in [1.165, 1.54) is 0 Å². The fourth-order valence-electron chi connectivity index (χ4n) is 2.09. The minimum Gasteiger partial charge on any atom is -0.356 e. The summed E-state index contributed by atoms with van der Waals surface area (Å²) in [5.41, 5.74) is 1.72. The zero-order valence-electron chi connectivity index (χ0n) is 14.2. The zero-order valence-corrected chi connectivity index (χ0v) is 14.2. The molecule has 0 aliphatic carbocycles. The van der Waals surface area contributed by atoms with E-state index < -0.39 is 0 Å². The van der Waals surface area contributed by atoms with Crippen LogP contribution in [0.25, 0.3) is 0 Å². The van der Waals surface area contributed by atoms with Crippen molar-refractivity contribution < 1.29 is 4.79 Å². The molecule has 1 amide bonds. The van der Waals surface area contributed by atoms with Crippen molar-refractivity contribution in [2.45, 2.75) is 26.7 Å². The second-order valence-corrected chi connectivity index (χ2v) is 6.01. The number of nitrogens with zero attached hydrogens (tertiary/aromatic N) is 2. The van der Waals surface area contributed by atoms with Gasteiger partial charge in [-0.2, -0.15) is 0 Å². The number of carbonyl (C=O) groups excluding carboxylic acids is 1. The third kappa shape index (κ3) is 6.24. The maximum Gasteiger partial charge on any atom is 0.257 e. The quantitative estimate of drug-likeness (QED) is 0.415. The summed E-state index contributed by atoms with van der Waals surface area (Å²) in [4.78, 5) is 23.8. The van der Waals surface area contributed by atoms with E-state index in [1.807, 2.05) is 24.4 Å². The topological polar surface area (TPSA) is 82.2 Å². The lowest BCUT2D eigenvalue weighted by molar-refractivity contribution is 0.0975. The number of aliphatic imine (C=N–C) groups is 1. The third-order valence-electron chi connectivity index (χ3n) is 3.35. The van der Waals surface area contributed by atoms with E-state index in [-0.39, 0.29) is 5.91 Å². The number of H-pyrrole nitrogens is 1. The summed E-state index contributed by atoms with van der Waals surface area (Å²) < 4.78 is 0. The first-order valence-electron chi connectivity index (χ1n) is 8.27. The van der Waals surface area contributed by atoms with Crippen molar-refractivity contribution in [1.82, 2.24) is 20.6 Å². The van der Waals surface area contributed by atoms with Crippen molar-refractivity contribution in [2.24, 2.45) is 10.9 Å². The van der Waals surface area contributed by atoms with E-state index in [1.54, 1.807) is 18.5 Å². The number of benzene rings is 1. The summed E-state index contributed by atoms with van der Waals surface area (Å²) in [6.07, 6.45) is 5.32. The van der Waals surface area contributed by atoms with Crippen LogP contribution in [0.3, 0.4) is 0 Å². The lowest BCUT2D eigenvalue weighted by Gasteiger charge is -2.12. The van der Waals surface area contributed by atoms with Gasteiger partial charge in [-0.15, -0.1) is 0 Å². The first-order valence-corrected chi connectivity index (χ1v) is 8.27. The maximum absolute atomic E-state index is 12.3. The highest BCUT2D eigenvalue weighted by Gasteiger charge is 2.08. The molecular formula is C18H25N5O. The van der Waals surface area contributed by atoms with Crippen LogP contribution in [0, 0.1) is 5.92 Å². The molecule has 0 aliphatic heterocycles. The van der Waals surface area contributed by atoms with E-state index in [4.69, 9.17) is 0 Å². The molecule has 0 aliphatic rings. The standard InChI is InChI=1S/C18H25N5O/c1-14(2)11-21-18(20-10-6-9-16-12-19-13-22-16)23-17(24)15-7-4-3-5-8-15/h3-5,7-8,12-14H,6,9-11H2,1-2H3,(H,19,22)(H2,20,21,23,24). The van der Waals surface area contributed by atoms with Crippen LogP contribution in [0.4, 0.5) is 0 Å². The highest BCUT2D eigenvalue weighted by molar-refractivity contribution is 6.05. The number of guanidine groups is 1. The first-order chi connectivity index (χ1) is 11.6. The Balaban J connectivity index is 1.87. The molecule has 6 heteroatoms. The summed E-state index contributed by atoms with van der Waals surface area (Å²) >= 11 is 0. The Morgan fingerprint density at radius 3 is 2.75 bits per heavy atom. The van der Waals surface area contributed by atoms with Gasteiger partial charge < -0.3 is 10.3 Å². The number of amides is 1. The monoisotopic (exact) mass is 327 g/mol. The minimum absolute atomic E-state index is 0.154. The number of imidazole rings is 1. The van der Waals surface area contributed by atoms with E-state index in [2.05, 4.69) is 39.4 Å². The fraction of sp³-hybridized carbons (Fsp3) is 0.389. The van der Waals surface area contributed by atoms with Crippen LogP contribution in [0.5, 0.6) is 0 Å². The van der Waals surface area contributed by atoms with Gasteiger partial charge in [-0.05, 0) is 30.9 Å². The number of hydrogen-bond acceptors (Lipinski definition) is 3. The van der Waals surface area contributed by atoms with Crippen LogP contribution in [-0.2, 0) is 6.42 Å². The van der Waals surface area contributed by atoms with E-state index in [9.17, 15) is 4.79 Å². The fourth-order valence-corrected chi connectivity index (χ4v) is 2.09. The molecule has 0 atom stereocenters. The molecule has 1 aromatic carbocycles. The molecule has 128 valence electrons. The molecule has 1 aromatic heterocycles. The van der Waals surface area contributed by atoms with Gasteiger partial charge in [0.25, 0.3) is 5.91 Å². The van der Waals surface area contributed by atoms with Crippen molar-refractivity contribution in [3.8, 4) is 0 Å². The Bertz CT molecular complexity index is 635. The van der Waals surface area contributed by atoms with E-state index in [0.717, 1.165) is 25.1 Å². The van der Waals surface area contributed by atoms with Crippen molar-refractivity contribution in [1.29, 1.82) is 0 Å². The number of aromatic amines is 1. The molecule has 0 saturated carbocycles. The zero-order chi connectivity index (χ0) is 17.2. The molecule has 0 radical (unpaired) electrons. The molecule has 6 nitrogen and oxygen atoms in total. The second kappa shape index (κ2) is 9.50. The largest absolute Gasteiger partial charge is 0.356 e. The third-order valence-corrected chi connectivity index (χ3v) is 3.35. The van der Waals surface area contributed by atoms with Gasteiger partial charge in [-0.3, -0.25) is 15.1 Å². The molecule has 0 spiro atoms. The van der Waals surface area contributed by atoms with Gasteiger partial charge in [0.05, 0.1) is 6.33 Å². The number of rotatable bonds is 7. The lowest BCUT2D eigenvalue weighted by atomic mass is 10.2. The van der Waals surface area contributed by atoms with Crippen LogP contribution < -0.4 is 10.6 Å². The summed E-state index contributed by atoms with van der Waals surface area (Å²) in [6, 6.07) is 9.15. The molecule has 0 saturated heterocycles. The van der Waals surface area contributed by atoms with Gasteiger partial charge in [0.1, 0.15) is 0 Å². The van der Waals surface area contributed by atoms with Gasteiger partial charge in [-0.1, -0.05) is 32.0 Å². The van der Waals surface area contributed by atoms with Gasteiger partial charge in [0.2, 0.25) is 0 Å². The van der Waals surface area contributed by atoms with E-state index >= 15 is 0 Å². The average molecular weight is 327 g/mol. The molecule has 1 heterocycles. The predicted octanol–water partition coefficient (Wildman–Crippen LogP) is 2.37. The van der Waals surface area contributed by atoms with Gasteiger partial charge in [0, 0.05) is 30.5 Å². The minimum atomic E-state index is -0.154. The molecule has 0 bridgehead atoms. The summed E-state index contributed by atoms with van der Waals surface area (Å²) in [5.74, 6) is 0.807. The highest BCUT2D eigenvalue weighted by atomic mass is 16.1. The SMILES string of the molecule is CC(C)CN=C(NCCCc1cnc[nH]1)NC(=O)c1ccccc1. The Labute approximate surface area is 142 Å². The first kappa shape index (κ1) is 17.7. The van der Waals surface area contributed by atoms with Crippen LogP contribution in [0.2, 0.25) is 0 Å². The highest BCUT2D eigenvalue weighted by Crippen LogP contribution is 1.99.